The Morgan fingerprint density at radius 2 is 2.32 bits per heavy atom. The molecular formula is C20H21N5O5S. The largest absolute Gasteiger partial charge is 0.496 e. The third-order valence-electron chi connectivity index (χ3n) is 5.15. The fourth-order valence-corrected chi connectivity index (χ4v) is 3.88. The van der Waals surface area contributed by atoms with Crippen LogP contribution in [0.5, 0.6) is 5.75 Å². The van der Waals surface area contributed by atoms with E-state index >= 15 is 0 Å². The number of nitro groups is 1. The van der Waals surface area contributed by atoms with E-state index in [4.69, 9.17) is 21.7 Å². The minimum absolute atomic E-state index is 0.00812. The molecule has 0 bridgehead atoms. The number of hydrogen-bond acceptors (Lipinski definition) is 7. The van der Waals surface area contributed by atoms with E-state index in [9.17, 15) is 14.9 Å². The molecule has 2 saturated heterocycles. The standard InChI is InChI=1S/C20H21N5O5S/c1-29-18-5-4-13(7-14(18)10-23-11-15(9-21-23)25(27)28)8-17-19(26)24(20(31)22-17)12-16-3-2-6-30-16/h4-5,7-9,11,16H,2-3,6,10,12H2,1H3,(H,22,31). The summed E-state index contributed by atoms with van der Waals surface area (Å²) in [6.07, 6.45) is 6.19. The Kier molecular flexibility index (Phi) is 5.96. The van der Waals surface area contributed by atoms with Crippen molar-refractivity contribution in [3.8, 4) is 5.75 Å². The predicted molar refractivity (Wildman–Crippen MR) is 115 cm³/mol. The minimum atomic E-state index is -0.496. The van der Waals surface area contributed by atoms with E-state index in [1.54, 1.807) is 19.3 Å². The Balaban J connectivity index is 1.54. The topological polar surface area (TPSA) is 112 Å². The average molecular weight is 443 g/mol. The Morgan fingerprint density at radius 1 is 1.48 bits per heavy atom. The first-order chi connectivity index (χ1) is 14.9. The van der Waals surface area contributed by atoms with Crippen LogP contribution in [0.1, 0.15) is 24.0 Å². The van der Waals surface area contributed by atoms with Gasteiger partial charge in [0.25, 0.3) is 5.91 Å². The van der Waals surface area contributed by atoms with Crippen molar-refractivity contribution in [2.24, 2.45) is 0 Å². The molecule has 1 aromatic heterocycles. The van der Waals surface area contributed by atoms with Crippen LogP contribution in [0.4, 0.5) is 5.69 Å². The number of methoxy groups -OCH3 is 1. The van der Waals surface area contributed by atoms with Crippen molar-refractivity contribution >= 4 is 35.0 Å². The summed E-state index contributed by atoms with van der Waals surface area (Å²) in [6.45, 7) is 1.43. The van der Waals surface area contributed by atoms with Gasteiger partial charge < -0.3 is 14.8 Å². The molecule has 2 fully saturated rings. The average Bonchev–Trinajstić information content (AvgIpc) is 3.47. The van der Waals surface area contributed by atoms with Crippen LogP contribution in [0.3, 0.4) is 0 Å². The van der Waals surface area contributed by atoms with Gasteiger partial charge in [0.1, 0.15) is 23.8 Å². The Hall–Kier alpha value is -3.31. The Labute approximate surface area is 183 Å². The van der Waals surface area contributed by atoms with Gasteiger partial charge in [-0.25, -0.2) is 0 Å². The van der Waals surface area contributed by atoms with E-state index in [-0.39, 0.29) is 24.2 Å². The zero-order valence-electron chi connectivity index (χ0n) is 16.8. The van der Waals surface area contributed by atoms with Crippen molar-refractivity contribution in [1.29, 1.82) is 0 Å². The molecule has 31 heavy (non-hydrogen) atoms. The second-order valence-electron chi connectivity index (χ2n) is 7.26. The second kappa shape index (κ2) is 8.82. The quantitative estimate of drug-likeness (QED) is 0.300. The maximum atomic E-state index is 12.8. The van der Waals surface area contributed by atoms with Gasteiger partial charge in [0.05, 0.1) is 31.2 Å². The molecule has 1 atom stereocenters. The second-order valence-corrected chi connectivity index (χ2v) is 7.65. The number of carbonyl (C=O) groups is 1. The van der Waals surface area contributed by atoms with Gasteiger partial charge in [0, 0.05) is 12.2 Å². The lowest BCUT2D eigenvalue weighted by atomic mass is 10.1. The fraction of sp³-hybridized carbons (Fsp3) is 0.350. The van der Waals surface area contributed by atoms with E-state index in [2.05, 4.69) is 10.4 Å². The van der Waals surface area contributed by atoms with Crippen molar-refractivity contribution in [3.63, 3.8) is 0 Å². The first-order valence-electron chi connectivity index (χ1n) is 9.74. The maximum absolute atomic E-state index is 12.8. The summed E-state index contributed by atoms with van der Waals surface area (Å²) in [5.41, 5.74) is 1.82. The number of nitrogens with one attached hydrogen (secondary N) is 1. The van der Waals surface area contributed by atoms with Crippen molar-refractivity contribution in [2.75, 3.05) is 20.3 Å². The summed E-state index contributed by atoms with van der Waals surface area (Å²) >= 11 is 5.33. The highest BCUT2D eigenvalue weighted by Gasteiger charge is 2.33. The molecule has 11 heteroatoms. The summed E-state index contributed by atoms with van der Waals surface area (Å²) in [5.74, 6) is 0.419. The highest BCUT2D eigenvalue weighted by atomic mass is 32.1. The molecule has 0 radical (unpaired) electrons. The van der Waals surface area contributed by atoms with Gasteiger partial charge >= 0.3 is 5.69 Å². The Morgan fingerprint density at radius 3 is 3.00 bits per heavy atom. The minimum Gasteiger partial charge on any atom is -0.496 e. The van der Waals surface area contributed by atoms with Crippen LogP contribution in [0.25, 0.3) is 6.08 Å². The number of thiocarbonyl (C=S) groups is 1. The fourth-order valence-electron chi connectivity index (χ4n) is 3.62. The normalized spacial score (nSPS) is 19.8. The van der Waals surface area contributed by atoms with Crippen LogP contribution in [-0.2, 0) is 16.1 Å². The van der Waals surface area contributed by atoms with Crippen molar-refractivity contribution < 1.29 is 19.2 Å². The van der Waals surface area contributed by atoms with Crippen molar-refractivity contribution in [1.82, 2.24) is 20.0 Å². The molecule has 2 aliphatic heterocycles. The van der Waals surface area contributed by atoms with Crippen LogP contribution >= 0.6 is 12.2 Å². The summed E-state index contributed by atoms with van der Waals surface area (Å²) < 4.78 is 12.5. The summed E-state index contributed by atoms with van der Waals surface area (Å²) in [6, 6.07) is 5.45. The molecule has 1 unspecified atom stereocenters. The van der Waals surface area contributed by atoms with E-state index in [1.807, 2.05) is 12.1 Å². The van der Waals surface area contributed by atoms with E-state index in [0.29, 0.717) is 29.7 Å². The Bertz CT molecular complexity index is 1060. The van der Waals surface area contributed by atoms with Gasteiger partial charge in [-0.15, -0.1) is 0 Å². The summed E-state index contributed by atoms with van der Waals surface area (Å²) in [5, 5.41) is 18.3. The number of nitrogens with zero attached hydrogens (tertiary/aromatic N) is 4. The molecule has 2 aliphatic rings. The van der Waals surface area contributed by atoms with Crippen LogP contribution in [0.15, 0.2) is 36.3 Å². The number of benzene rings is 1. The number of aromatic nitrogens is 2. The zero-order valence-corrected chi connectivity index (χ0v) is 17.6. The summed E-state index contributed by atoms with van der Waals surface area (Å²) in [7, 11) is 1.55. The monoisotopic (exact) mass is 443 g/mol. The third kappa shape index (κ3) is 4.57. The molecule has 0 saturated carbocycles. The van der Waals surface area contributed by atoms with E-state index in [0.717, 1.165) is 24.0 Å². The van der Waals surface area contributed by atoms with Crippen LogP contribution in [0.2, 0.25) is 0 Å². The van der Waals surface area contributed by atoms with Gasteiger partial charge in [-0.05, 0) is 48.8 Å². The van der Waals surface area contributed by atoms with Crippen molar-refractivity contribution in [2.45, 2.75) is 25.5 Å². The molecule has 2 aromatic rings. The molecule has 3 heterocycles. The van der Waals surface area contributed by atoms with Crippen molar-refractivity contribution in [3.05, 3.63) is 57.5 Å². The van der Waals surface area contributed by atoms with Crippen LogP contribution in [0, 0.1) is 10.1 Å². The zero-order chi connectivity index (χ0) is 22.0. The molecule has 1 N–H and O–H groups in total. The number of amides is 1. The smallest absolute Gasteiger partial charge is 0.307 e. The highest BCUT2D eigenvalue weighted by Crippen LogP contribution is 2.24. The number of rotatable bonds is 7. The molecule has 4 rings (SSSR count). The molecule has 0 spiro atoms. The molecule has 1 aromatic carbocycles. The first kappa shape index (κ1) is 20.9. The highest BCUT2D eigenvalue weighted by molar-refractivity contribution is 7.80. The molecule has 0 aliphatic carbocycles. The van der Waals surface area contributed by atoms with E-state index < -0.39 is 4.92 Å². The van der Waals surface area contributed by atoms with Gasteiger partial charge in [-0.2, -0.15) is 5.10 Å². The number of hydrogen-bond donors (Lipinski definition) is 1. The number of ether oxygens (including phenoxy) is 2. The summed E-state index contributed by atoms with van der Waals surface area (Å²) in [4.78, 5) is 24.7. The van der Waals surface area contributed by atoms with Gasteiger partial charge in [-0.1, -0.05) is 6.07 Å². The lowest BCUT2D eigenvalue weighted by Gasteiger charge is -2.18. The SMILES string of the molecule is COc1ccc(C=C2NC(=S)N(CC3CCCO3)C2=O)cc1Cn1cc([N+](=O)[O-])cn1. The third-order valence-corrected chi connectivity index (χ3v) is 5.47. The van der Waals surface area contributed by atoms with Crippen LogP contribution in [-0.4, -0.2) is 57.0 Å². The lowest BCUT2D eigenvalue weighted by molar-refractivity contribution is -0.385. The maximum Gasteiger partial charge on any atom is 0.307 e. The van der Waals surface area contributed by atoms with Gasteiger partial charge in [0.15, 0.2) is 5.11 Å². The predicted octanol–water partition coefficient (Wildman–Crippen LogP) is 2.08. The van der Waals surface area contributed by atoms with E-state index in [1.165, 1.54) is 22.0 Å². The molecule has 10 nitrogen and oxygen atoms in total. The van der Waals surface area contributed by atoms with Gasteiger partial charge in [-0.3, -0.25) is 24.5 Å². The molecule has 1 amide bonds. The molecule has 162 valence electrons. The number of carbonyl (C=O) groups excluding carboxylic acids is 1. The van der Waals surface area contributed by atoms with Crippen LogP contribution < -0.4 is 10.1 Å². The first-order valence-corrected chi connectivity index (χ1v) is 10.2. The lowest BCUT2D eigenvalue weighted by Crippen LogP contribution is -2.37. The molecular weight excluding hydrogens is 422 g/mol. The van der Waals surface area contributed by atoms with Gasteiger partial charge in [0.2, 0.25) is 0 Å².